The maximum absolute atomic E-state index is 6.02. The van der Waals surface area contributed by atoms with Crippen molar-refractivity contribution in [1.82, 2.24) is 9.97 Å². The second kappa shape index (κ2) is 3.84. The Hall–Kier alpha value is -1.36. The van der Waals surface area contributed by atoms with Crippen molar-refractivity contribution >= 4 is 11.6 Å². The summed E-state index contributed by atoms with van der Waals surface area (Å²) in [6.45, 7) is 9.91. The molecule has 1 aliphatic heterocycles. The van der Waals surface area contributed by atoms with Crippen LogP contribution in [0.4, 0.5) is 11.6 Å². The lowest BCUT2D eigenvalue weighted by Crippen LogP contribution is -2.57. The number of morpholine rings is 1. The van der Waals surface area contributed by atoms with Gasteiger partial charge in [0.15, 0.2) is 0 Å². The van der Waals surface area contributed by atoms with Gasteiger partial charge < -0.3 is 15.4 Å². The van der Waals surface area contributed by atoms with Crippen LogP contribution in [0.25, 0.3) is 0 Å². The van der Waals surface area contributed by atoms with Crippen molar-refractivity contribution in [2.24, 2.45) is 0 Å². The quantitative estimate of drug-likeness (QED) is 0.799. The third-order valence-electron chi connectivity index (χ3n) is 2.66. The molecule has 1 aliphatic rings. The Bertz CT molecular complexity index is 401. The first-order valence-corrected chi connectivity index (χ1v) is 5.80. The van der Waals surface area contributed by atoms with Gasteiger partial charge in [-0.25, -0.2) is 4.98 Å². The van der Waals surface area contributed by atoms with Crippen LogP contribution in [0.1, 0.15) is 27.7 Å². The molecule has 0 spiro atoms. The molecule has 2 N–H and O–H groups in total. The third-order valence-corrected chi connectivity index (χ3v) is 2.66. The van der Waals surface area contributed by atoms with E-state index in [1.807, 2.05) is 0 Å². The molecule has 2 rings (SSSR count). The Morgan fingerprint density at radius 1 is 1.18 bits per heavy atom. The molecule has 94 valence electrons. The molecule has 0 saturated carbocycles. The number of anilines is 2. The normalized spacial score (nSPS) is 22.5. The number of rotatable bonds is 1. The van der Waals surface area contributed by atoms with Gasteiger partial charge >= 0.3 is 0 Å². The molecule has 1 aromatic rings. The van der Waals surface area contributed by atoms with E-state index in [1.54, 1.807) is 12.4 Å². The molecule has 1 fully saturated rings. The highest BCUT2D eigenvalue weighted by Crippen LogP contribution is 2.30. The topological polar surface area (TPSA) is 64.3 Å². The predicted octanol–water partition coefficient (Wildman–Crippen LogP) is 1.45. The number of hydrogen-bond acceptors (Lipinski definition) is 5. The van der Waals surface area contributed by atoms with Crippen molar-refractivity contribution in [2.75, 3.05) is 23.7 Å². The van der Waals surface area contributed by atoms with Crippen molar-refractivity contribution < 1.29 is 4.74 Å². The highest BCUT2D eigenvalue weighted by Gasteiger charge is 2.38. The SMILES string of the molecule is CC1(C)CN(c2cncc(N)n2)CC(C)(C)O1. The summed E-state index contributed by atoms with van der Waals surface area (Å²) in [4.78, 5) is 10.6. The van der Waals surface area contributed by atoms with E-state index in [2.05, 4.69) is 42.6 Å². The molecule has 0 unspecified atom stereocenters. The van der Waals surface area contributed by atoms with E-state index in [4.69, 9.17) is 10.5 Å². The average molecular weight is 236 g/mol. The average Bonchev–Trinajstić information content (AvgIpc) is 2.12. The molecule has 5 nitrogen and oxygen atoms in total. The summed E-state index contributed by atoms with van der Waals surface area (Å²) in [5.41, 5.74) is 5.27. The smallest absolute Gasteiger partial charge is 0.149 e. The summed E-state index contributed by atoms with van der Waals surface area (Å²) >= 11 is 0. The van der Waals surface area contributed by atoms with Crippen LogP contribution in [0.15, 0.2) is 12.4 Å². The minimum atomic E-state index is -0.200. The number of aromatic nitrogens is 2. The lowest BCUT2D eigenvalue weighted by atomic mass is 9.99. The summed E-state index contributed by atoms with van der Waals surface area (Å²) in [7, 11) is 0. The van der Waals surface area contributed by atoms with Gasteiger partial charge in [0.2, 0.25) is 0 Å². The Morgan fingerprint density at radius 2 is 1.76 bits per heavy atom. The molecule has 0 aromatic carbocycles. The van der Waals surface area contributed by atoms with Gasteiger partial charge in [-0.1, -0.05) is 0 Å². The summed E-state index contributed by atoms with van der Waals surface area (Å²) in [5.74, 6) is 1.26. The number of nitrogens with two attached hydrogens (primary N) is 1. The maximum Gasteiger partial charge on any atom is 0.149 e. The molecule has 0 bridgehead atoms. The van der Waals surface area contributed by atoms with E-state index in [9.17, 15) is 0 Å². The molecule has 17 heavy (non-hydrogen) atoms. The first kappa shape index (κ1) is 12.1. The Labute approximate surface area is 102 Å². The van der Waals surface area contributed by atoms with Gasteiger partial charge in [0, 0.05) is 13.1 Å². The largest absolute Gasteiger partial charge is 0.382 e. The second-order valence-corrected chi connectivity index (χ2v) is 5.78. The van der Waals surface area contributed by atoms with E-state index >= 15 is 0 Å². The summed E-state index contributed by atoms with van der Waals surface area (Å²) in [5, 5.41) is 0. The zero-order valence-electron chi connectivity index (χ0n) is 10.9. The fourth-order valence-electron chi connectivity index (χ4n) is 2.47. The van der Waals surface area contributed by atoms with E-state index in [0.717, 1.165) is 18.9 Å². The molecular weight excluding hydrogens is 216 g/mol. The second-order valence-electron chi connectivity index (χ2n) is 5.78. The lowest BCUT2D eigenvalue weighted by molar-refractivity contribution is -0.133. The van der Waals surface area contributed by atoms with E-state index in [0.29, 0.717) is 5.82 Å². The van der Waals surface area contributed by atoms with Gasteiger partial charge in [0.25, 0.3) is 0 Å². The minimum absolute atomic E-state index is 0.200. The first-order valence-electron chi connectivity index (χ1n) is 5.80. The zero-order chi connectivity index (χ0) is 12.7. The fourth-order valence-corrected chi connectivity index (χ4v) is 2.47. The maximum atomic E-state index is 6.02. The van der Waals surface area contributed by atoms with Crippen molar-refractivity contribution in [3.63, 3.8) is 0 Å². The van der Waals surface area contributed by atoms with Crippen LogP contribution in [-0.2, 0) is 4.74 Å². The van der Waals surface area contributed by atoms with Crippen molar-refractivity contribution in [1.29, 1.82) is 0 Å². The van der Waals surface area contributed by atoms with Crippen LogP contribution in [0, 0.1) is 0 Å². The lowest BCUT2D eigenvalue weighted by Gasteiger charge is -2.47. The highest BCUT2D eigenvalue weighted by molar-refractivity contribution is 5.42. The van der Waals surface area contributed by atoms with Gasteiger partial charge in [-0.05, 0) is 27.7 Å². The number of nitrogens with zero attached hydrogens (tertiary/aromatic N) is 3. The first-order chi connectivity index (χ1) is 7.77. The number of nitrogen functional groups attached to an aromatic ring is 1. The van der Waals surface area contributed by atoms with Crippen LogP contribution >= 0.6 is 0 Å². The summed E-state index contributed by atoms with van der Waals surface area (Å²) in [6, 6.07) is 0. The minimum Gasteiger partial charge on any atom is -0.382 e. The van der Waals surface area contributed by atoms with Crippen molar-refractivity contribution in [2.45, 2.75) is 38.9 Å². The standard InChI is InChI=1S/C12H20N4O/c1-11(2)7-16(8-12(3,4)17-11)10-6-14-5-9(13)15-10/h5-6H,7-8H2,1-4H3,(H2,13,15). The molecule has 0 amide bonds. The highest BCUT2D eigenvalue weighted by atomic mass is 16.5. The summed E-state index contributed by atoms with van der Waals surface area (Å²) in [6.07, 6.45) is 3.30. The molecule has 0 atom stereocenters. The fraction of sp³-hybridized carbons (Fsp3) is 0.667. The number of hydrogen-bond donors (Lipinski definition) is 1. The molecule has 0 radical (unpaired) electrons. The van der Waals surface area contributed by atoms with Gasteiger partial charge in [-0.2, -0.15) is 0 Å². The monoisotopic (exact) mass is 236 g/mol. The van der Waals surface area contributed by atoms with Crippen molar-refractivity contribution in [3.05, 3.63) is 12.4 Å². The summed E-state index contributed by atoms with van der Waals surface area (Å²) < 4.78 is 6.02. The third kappa shape index (κ3) is 2.85. The van der Waals surface area contributed by atoms with Gasteiger partial charge in [-0.3, -0.25) is 4.98 Å². The van der Waals surface area contributed by atoms with Crippen LogP contribution in [0.5, 0.6) is 0 Å². The van der Waals surface area contributed by atoms with Crippen LogP contribution in [0.2, 0.25) is 0 Å². The predicted molar refractivity (Wildman–Crippen MR) is 67.9 cm³/mol. The van der Waals surface area contributed by atoms with Gasteiger partial charge in [0.05, 0.1) is 23.6 Å². The Balaban J connectivity index is 2.27. The molecule has 2 heterocycles. The zero-order valence-corrected chi connectivity index (χ0v) is 10.9. The van der Waals surface area contributed by atoms with Crippen molar-refractivity contribution in [3.8, 4) is 0 Å². The molecule has 0 aliphatic carbocycles. The molecular formula is C12H20N4O. The molecule has 1 aromatic heterocycles. The molecule has 5 heteroatoms. The van der Waals surface area contributed by atoms with E-state index < -0.39 is 0 Å². The van der Waals surface area contributed by atoms with Gasteiger partial charge in [0.1, 0.15) is 11.6 Å². The van der Waals surface area contributed by atoms with Crippen LogP contribution in [0.3, 0.4) is 0 Å². The number of ether oxygens (including phenoxy) is 1. The van der Waals surface area contributed by atoms with Crippen LogP contribution in [-0.4, -0.2) is 34.3 Å². The van der Waals surface area contributed by atoms with E-state index in [1.165, 1.54) is 0 Å². The van der Waals surface area contributed by atoms with Crippen LogP contribution < -0.4 is 10.6 Å². The van der Waals surface area contributed by atoms with E-state index in [-0.39, 0.29) is 11.2 Å². The molecule has 1 saturated heterocycles. The Kier molecular flexibility index (Phi) is 2.73. The van der Waals surface area contributed by atoms with Gasteiger partial charge in [-0.15, -0.1) is 0 Å². The Morgan fingerprint density at radius 3 is 2.29 bits per heavy atom.